The zero-order chi connectivity index (χ0) is 20.5. The van der Waals surface area contributed by atoms with Crippen LogP contribution in [0.2, 0.25) is 5.02 Å². The van der Waals surface area contributed by atoms with Crippen molar-refractivity contribution < 1.29 is 19.1 Å². The highest BCUT2D eigenvalue weighted by Crippen LogP contribution is 2.25. The van der Waals surface area contributed by atoms with Crippen LogP contribution in [0.15, 0.2) is 48.2 Å². The summed E-state index contributed by atoms with van der Waals surface area (Å²) in [4.78, 5) is 24.0. The van der Waals surface area contributed by atoms with Crippen LogP contribution in [0.5, 0.6) is 0 Å². The highest BCUT2D eigenvalue weighted by Gasteiger charge is 2.38. The van der Waals surface area contributed by atoms with E-state index >= 15 is 0 Å². The molecule has 1 heterocycles. The number of aryl methyl sites for hydroxylation is 2. The summed E-state index contributed by atoms with van der Waals surface area (Å²) in [5.74, 6) is -2.66. The largest absolute Gasteiger partial charge is 0.419 e. The number of hydrogen-bond acceptors (Lipinski definition) is 5. The van der Waals surface area contributed by atoms with Crippen LogP contribution in [0.3, 0.4) is 0 Å². The maximum atomic E-state index is 12.0. The number of nitrogens with one attached hydrogen (secondary N) is 1. The van der Waals surface area contributed by atoms with Crippen molar-refractivity contribution in [1.82, 2.24) is 0 Å². The minimum absolute atomic E-state index is 0.167. The van der Waals surface area contributed by atoms with Crippen LogP contribution >= 0.6 is 11.6 Å². The van der Waals surface area contributed by atoms with E-state index in [-0.39, 0.29) is 5.57 Å². The number of rotatable bonds is 4. The predicted molar refractivity (Wildman–Crippen MR) is 108 cm³/mol. The number of carbonyl (C=O) groups excluding carboxylic acids is 2. The summed E-state index contributed by atoms with van der Waals surface area (Å²) >= 11 is 5.95. The highest BCUT2D eigenvalue weighted by molar-refractivity contribution is 6.30. The second-order valence-electron chi connectivity index (χ2n) is 7.27. The fourth-order valence-electron chi connectivity index (χ4n) is 3.10. The van der Waals surface area contributed by atoms with Gasteiger partial charge in [-0.3, -0.25) is 0 Å². The summed E-state index contributed by atoms with van der Waals surface area (Å²) in [7, 11) is 0. The molecule has 0 saturated carbocycles. The molecule has 3 rings (SSSR count). The summed E-state index contributed by atoms with van der Waals surface area (Å²) < 4.78 is 10.2. The molecule has 1 aliphatic rings. The number of halogens is 1. The van der Waals surface area contributed by atoms with Crippen molar-refractivity contribution in [2.75, 3.05) is 5.32 Å². The topological polar surface area (TPSA) is 64.6 Å². The van der Waals surface area contributed by atoms with Crippen molar-refractivity contribution >= 4 is 29.2 Å². The van der Waals surface area contributed by atoms with Gasteiger partial charge in [0.15, 0.2) is 5.57 Å². The summed E-state index contributed by atoms with van der Waals surface area (Å²) in [6.07, 6.45) is 2.12. The fourth-order valence-corrected chi connectivity index (χ4v) is 3.22. The van der Waals surface area contributed by atoms with Gasteiger partial charge in [-0.1, -0.05) is 23.7 Å². The zero-order valence-electron chi connectivity index (χ0n) is 16.3. The number of benzene rings is 2. The van der Waals surface area contributed by atoms with E-state index in [2.05, 4.69) is 5.32 Å². The Balaban J connectivity index is 1.78. The molecule has 0 bridgehead atoms. The van der Waals surface area contributed by atoms with E-state index in [1.54, 1.807) is 0 Å². The number of anilines is 1. The van der Waals surface area contributed by atoms with Crippen LogP contribution in [0.25, 0.3) is 0 Å². The SMILES string of the molecule is Cc1cc(NC=C2C(=O)OC(C)(C)OC2=O)cc(C)c1Cc1ccc(Cl)cc1. The lowest BCUT2D eigenvalue weighted by molar-refractivity contribution is -0.222. The van der Waals surface area contributed by atoms with Gasteiger partial charge in [0.1, 0.15) is 0 Å². The fraction of sp³-hybridized carbons (Fsp3) is 0.273. The first-order chi connectivity index (χ1) is 13.1. The van der Waals surface area contributed by atoms with Gasteiger partial charge in [0.05, 0.1) is 0 Å². The second kappa shape index (κ2) is 7.68. The average molecular weight is 400 g/mol. The third kappa shape index (κ3) is 4.54. The molecule has 1 N–H and O–H groups in total. The van der Waals surface area contributed by atoms with Crippen molar-refractivity contribution in [3.8, 4) is 0 Å². The molecule has 28 heavy (non-hydrogen) atoms. The third-order valence-corrected chi connectivity index (χ3v) is 4.74. The minimum atomic E-state index is -1.25. The minimum Gasteiger partial charge on any atom is -0.419 e. The van der Waals surface area contributed by atoms with E-state index in [1.165, 1.54) is 31.2 Å². The number of carbonyl (C=O) groups is 2. The summed E-state index contributed by atoms with van der Waals surface area (Å²) in [5, 5.41) is 3.72. The van der Waals surface area contributed by atoms with Crippen LogP contribution in [-0.4, -0.2) is 17.7 Å². The molecule has 1 fully saturated rings. The van der Waals surface area contributed by atoms with Gasteiger partial charge in [-0.15, -0.1) is 0 Å². The van der Waals surface area contributed by atoms with E-state index < -0.39 is 17.7 Å². The van der Waals surface area contributed by atoms with E-state index in [1.807, 2.05) is 50.2 Å². The molecule has 0 atom stereocenters. The number of ether oxygens (including phenoxy) is 2. The Morgan fingerprint density at radius 1 is 1.00 bits per heavy atom. The first-order valence-corrected chi connectivity index (χ1v) is 9.30. The van der Waals surface area contributed by atoms with Gasteiger partial charge in [-0.05, 0) is 66.8 Å². The van der Waals surface area contributed by atoms with Crippen LogP contribution in [-0.2, 0) is 25.5 Å². The molecule has 2 aromatic rings. The molecule has 5 nitrogen and oxygen atoms in total. The Morgan fingerprint density at radius 3 is 2.07 bits per heavy atom. The van der Waals surface area contributed by atoms with Gasteiger partial charge in [0, 0.05) is 30.8 Å². The first kappa shape index (κ1) is 20.0. The lowest BCUT2D eigenvalue weighted by atomic mass is 9.95. The van der Waals surface area contributed by atoms with Crippen LogP contribution < -0.4 is 5.32 Å². The third-order valence-electron chi connectivity index (χ3n) is 4.49. The first-order valence-electron chi connectivity index (χ1n) is 8.92. The molecule has 1 aliphatic heterocycles. The Bertz CT molecular complexity index is 916. The molecule has 0 unspecified atom stereocenters. The second-order valence-corrected chi connectivity index (χ2v) is 7.71. The van der Waals surface area contributed by atoms with Gasteiger partial charge in [-0.25, -0.2) is 9.59 Å². The van der Waals surface area contributed by atoms with Crippen molar-refractivity contribution in [3.05, 3.63) is 75.4 Å². The Hall–Kier alpha value is -2.79. The Labute approximate surface area is 169 Å². The van der Waals surface area contributed by atoms with Crippen molar-refractivity contribution in [1.29, 1.82) is 0 Å². The van der Waals surface area contributed by atoms with Crippen molar-refractivity contribution in [3.63, 3.8) is 0 Å². The van der Waals surface area contributed by atoms with Crippen molar-refractivity contribution in [2.24, 2.45) is 0 Å². The molecule has 0 radical (unpaired) electrons. The average Bonchev–Trinajstić information content (AvgIpc) is 2.58. The molecule has 0 aromatic heterocycles. The Kier molecular flexibility index (Phi) is 5.47. The molecule has 0 spiro atoms. The lowest BCUT2D eigenvalue weighted by Gasteiger charge is -2.29. The highest BCUT2D eigenvalue weighted by atomic mass is 35.5. The molecule has 0 aliphatic carbocycles. The van der Waals surface area contributed by atoms with Gasteiger partial charge >= 0.3 is 11.9 Å². The molecule has 0 amide bonds. The Morgan fingerprint density at radius 2 is 1.54 bits per heavy atom. The standard InChI is InChI=1S/C22H22ClNO4/c1-13-9-17(24-12-19-20(25)27-22(3,4)28-21(19)26)10-14(2)18(13)11-15-5-7-16(23)8-6-15/h5-10,12,24H,11H2,1-4H3. The predicted octanol–water partition coefficient (Wildman–Crippen LogP) is 4.68. The van der Waals surface area contributed by atoms with E-state index in [0.29, 0.717) is 5.02 Å². The van der Waals surface area contributed by atoms with E-state index in [4.69, 9.17) is 21.1 Å². The van der Waals surface area contributed by atoms with Crippen LogP contribution in [0.1, 0.15) is 36.1 Å². The monoisotopic (exact) mass is 399 g/mol. The molecule has 6 heteroatoms. The van der Waals surface area contributed by atoms with Crippen LogP contribution in [0, 0.1) is 13.8 Å². The summed E-state index contributed by atoms with van der Waals surface area (Å²) in [6.45, 7) is 7.09. The number of esters is 2. The molecular weight excluding hydrogens is 378 g/mol. The molecule has 1 saturated heterocycles. The van der Waals surface area contributed by atoms with Gasteiger partial charge in [0.2, 0.25) is 0 Å². The number of cyclic esters (lactones) is 2. The maximum absolute atomic E-state index is 12.0. The summed E-state index contributed by atoms with van der Waals surface area (Å²) in [6, 6.07) is 11.7. The van der Waals surface area contributed by atoms with Gasteiger partial charge in [-0.2, -0.15) is 0 Å². The molecule has 146 valence electrons. The number of hydrogen-bond donors (Lipinski definition) is 1. The van der Waals surface area contributed by atoms with Crippen molar-refractivity contribution in [2.45, 2.75) is 39.9 Å². The lowest BCUT2D eigenvalue weighted by Crippen LogP contribution is -2.42. The zero-order valence-corrected chi connectivity index (χ0v) is 17.0. The van der Waals surface area contributed by atoms with Gasteiger partial charge < -0.3 is 14.8 Å². The summed E-state index contributed by atoms with van der Waals surface area (Å²) in [5.41, 5.74) is 5.21. The maximum Gasteiger partial charge on any atom is 0.350 e. The van der Waals surface area contributed by atoms with Crippen LogP contribution in [0.4, 0.5) is 5.69 Å². The van der Waals surface area contributed by atoms with E-state index in [0.717, 1.165) is 23.2 Å². The van der Waals surface area contributed by atoms with Gasteiger partial charge in [0.25, 0.3) is 5.79 Å². The quantitative estimate of drug-likeness (QED) is 0.459. The smallest absolute Gasteiger partial charge is 0.350 e. The normalized spacial score (nSPS) is 15.7. The molecular formula is C22H22ClNO4. The molecule has 2 aromatic carbocycles. The van der Waals surface area contributed by atoms with E-state index in [9.17, 15) is 9.59 Å².